The first-order chi connectivity index (χ1) is 4.73. The van der Waals surface area contributed by atoms with Gasteiger partial charge in [-0.1, -0.05) is 13.8 Å². The Morgan fingerprint density at radius 3 is 2.40 bits per heavy atom. The van der Waals surface area contributed by atoms with E-state index in [4.69, 9.17) is 4.74 Å². The molecule has 0 aromatic heterocycles. The van der Waals surface area contributed by atoms with E-state index < -0.39 is 0 Å². The highest BCUT2D eigenvalue weighted by Crippen LogP contribution is 2.54. The predicted molar refractivity (Wildman–Crippen MR) is 40.9 cm³/mol. The Balaban J connectivity index is 2.05. The molecule has 2 bridgehead atoms. The molecule has 0 unspecified atom stereocenters. The summed E-state index contributed by atoms with van der Waals surface area (Å²) in [5, 5.41) is 0. The Kier molecular flexibility index (Phi) is 1.31. The van der Waals surface area contributed by atoms with E-state index in [-0.39, 0.29) is 0 Å². The summed E-state index contributed by atoms with van der Waals surface area (Å²) in [5.74, 6) is 0.868. The topological polar surface area (TPSA) is 9.23 Å². The second-order valence-corrected chi connectivity index (χ2v) is 4.17. The number of rotatable bonds is 1. The van der Waals surface area contributed by atoms with E-state index in [2.05, 4.69) is 13.8 Å². The van der Waals surface area contributed by atoms with Crippen molar-refractivity contribution in [2.45, 2.75) is 39.2 Å². The first kappa shape index (κ1) is 6.66. The molecule has 2 aliphatic heterocycles. The maximum atomic E-state index is 5.52. The molecule has 0 aromatic rings. The third-order valence-corrected chi connectivity index (χ3v) is 3.45. The summed E-state index contributed by atoms with van der Waals surface area (Å²) in [6.45, 7) is 5.71. The maximum Gasteiger partial charge on any atom is 0.0586 e. The van der Waals surface area contributed by atoms with Crippen LogP contribution in [0.15, 0.2) is 0 Å². The van der Waals surface area contributed by atoms with E-state index in [1.807, 2.05) is 0 Å². The Bertz CT molecular complexity index is 128. The second kappa shape index (κ2) is 1.97. The molecule has 1 aliphatic carbocycles. The van der Waals surface area contributed by atoms with Crippen molar-refractivity contribution in [3.05, 3.63) is 0 Å². The molecule has 2 saturated heterocycles. The third kappa shape index (κ3) is 0.731. The van der Waals surface area contributed by atoms with Crippen molar-refractivity contribution in [3.63, 3.8) is 0 Å². The highest BCUT2D eigenvalue weighted by atomic mass is 16.5. The molecule has 3 fully saturated rings. The van der Waals surface area contributed by atoms with Crippen molar-refractivity contribution in [2.75, 3.05) is 6.61 Å². The van der Waals surface area contributed by atoms with E-state index in [1.165, 1.54) is 19.3 Å². The third-order valence-electron chi connectivity index (χ3n) is 3.45. The molecule has 1 nitrogen and oxygen atoms in total. The monoisotopic (exact) mass is 140 g/mol. The van der Waals surface area contributed by atoms with E-state index >= 15 is 0 Å². The van der Waals surface area contributed by atoms with E-state index in [0.717, 1.165) is 12.5 Å². The summed E-state index contributed by atoms with van der Waals surface area (Å²) in [6.07, 6.45) is 4.62. The fourth-order valence-electron chi connectivity index (χ4n) is 2.36. The number of fused-ring (bicyclic) bond motifs is 2. The van der Waals surface area contributed by atoms with Gasteiger partial charge in [0.1, 0.15) is 0 Å². The van der Waals surface area contributed by atoms with E-state index in [0.29, 0.717) is 11.5 Å². The Morgan fingerprint density at radius 2 is 2.10 bits per heavy atom. The lowest BCUT2D eigenvalue weighted by molar-refractivity contribution is -0.166. The minimum absolute atomic E-state index is 0.635. The lowest BCUT2D eigenvalue weighted by Crippen LogP contribution is -2.51. The maximum absolute atomic E-state index is 5.52. The van der Waals surface area contributed by atoms with Crippen LogP contribution < -0.4 is 0 Å². The number of ether oxygens (including phenoxy) is 1. The van der Waals surface area contributed by atoms with Crippen molar-refractivity contribution in [1.29, 1.82) is 0 Å². The normalized spacial score (nSPS) is 45.3. The molecule has 0 aromatic carbocycles. The van der Waals surface area contributed by atoms with Crippen molar-refractivity contribution in [2.24, 2.45) is 11.3 Å². The van der Waals surface area contributed by atoms with Crippen LogP contribution in [0, 0.1) is 11.3 Å². The van der Waals surface area contributed by atoms with Crippen LogP contribution in [0.5, 0.6) is 0 Å². The van der Waals surface area contributed by atoms with Gasteiger partial charge in [-0.15, -0.1) is 0 Å². The van der Waals surface area contributed by atoms with E-state index in [9.17, 15) is 0 Å². The van der Waals surface area contributed by atoms with Gasteiger partial charge in [0.2, 0.25) is 0 Å². The average molecular weight is 140 g/mol. The lowest BCUT2D eigenvalue weighted by atomic mass is 9.57. The van der Waals surface area contributed by atoms with Gasteiger partial charge in [0.05, 0.1) is 6.10 Å². The van der Waals surface area contributed by atoms with Gasteiger partial charge in [-0.3, -0.25) is 0 Å². The molecule has 0 radical (unpaired) electrons. The zero-order valence-corrected chi connectivity index (χ0v) is 6.89. The van der Waals surface area contributed by atoms with Crippen molar-refractivity contribution >= 4 is 0 Å². The SMILES string of the molecule is CC(C)C12CCOC(C1)C2. The van der Waals surface area contributed by atoms with Gasteiger partial charge in [-0.05, 0) is 30.6 Å². The van der Waals surface area contributed by atoms with Gasteiger partial charge in [-0.25, -0.2) is 0 Å². The molecule has 0 amide bonds. The van der Waals surface area contributed by atoms with Crippen LogP contribution in [0.1, 0.15) is 33.1 Å². The van der Waals surface area contributed by atoms with Gasteiger partial charge < -0.3 is 4.74 Å². The van der Waals surface area contributed by atoms with Crippen LogP contribution in [-0.2, 0) is 4.74 Å². The zero-order valence-electron chi connectivity index (χ0n) is 6.89. The van der Waals surface area contributed by atoms with Crippen LogP contribution in [0.4, 0.5) is 0 Å². The minimum atomic E-state index is 0.635. The fourth-order valence-corrected chi connectivity index (χ4v) is 2.36. The van der Waals surface area contributed by atoms with Crippen LogP contribution in [0.2, 0.25) is 0 Å². The summed E-state index contributed by atoms with van der Waals surface area (Å²) >= 11 is 0. The highest BCUT2D eigenvalue weighted by molar-refractivity contribution is 4.99. The highest BCUT2D eigenvalue weighted by Gasteiger charge is 2.49. The summed E-state index contributed by atoms with van der Waals surface area (Å²) in [5.41, 5.74) is 0.697. The first-order valence-electron chi connectivity index (χ1n) is 4.34. The Morgan fingerprint density at radius 1 is 1.40 bits per heavy atom. The average Bonchev–Trinajstić information content (AvgIpc) is 1.87. The molecule has 58 valence electrons. The molecule has 1 saturated carbocycles. The molecular formula is C9H16O. The first-order valence-corrected chi connectivity index (χ1v) is 4.34. The molecule has 3 aliphatic rings. The zero-order chi connectivity index (χ0) is 7.19. The quantitative estimate of drug-likeness (QED) is 0.542. The van der Waals surface area contributed by atoms with Crippen LogP contribution in [0.3, 0.4) is 0 Å². The van der Waals surface area contributed by atoms with Crippen molar-refractivity contribution in [3.8, 4) is 0 Å². The predicted octanol–water partition coefficient (Wildman–Crippen LogP) is 2.21. The lowest BCUT2D eigenvalue weighted by Gasteiger charge is -2.54. The molecule has 3 rings (SSSR count). The molecule has 2 heterocycles. The molecule has 0 spiro atoms. The summed E-state index contributed by atoms with van der Waals surface area (Å²) < 4.78 is 5.52. The van der Waals surface area contributed by atoms with Gasteiger partial charge in [0.25, 0.3) is 0 Å². The molecular weight excluding hydrogens is 124 g/mol. The molecule has 10 heavy (non-hydrogen) atoms. The molecule has 0 N–H and O–H groups in total. The largest absolute Gasteiger partial charge is 0.378 e. The summed E-state index contributed by atoms with van der Waals surface area (Å²) in [6, 6.07) is 0. The minimum Gasteiger partial charge on any atom is -0.378 e. The number of hydrogen-bond acceptors (Lipinski definition) is 1. The smallest absolute Gasteiger partial charge is 0.0586 e. The number of hydrogen-bond donors (Lipinski definition) is 0. The van der Waals surface area contributed by atoms with Gasteiger partial charge >= 0.3 is 0 Å². The summed E-state index contributed by atoms with van der Waals surface area (Å²) in [4.78, 5) is 0. The van der Waals surface area contributed by atoms with Crippen LogP contribution in [0.25, 0.3) is 0 Å². The Labute approximate surface area is 62.8 Å². The summed E-state index contributed by atoms with van der Waals surface area (Å²) in [7, 11) is 0. The van der Waals surface area contributed by atoms with Gasteiger partial charge in [0, 0.05) is 6.61 Å². The second-order valence-electron chi connectivity index (χ2n) is 4.17. The molecule has 1 heteroatoms. The van der Waals surface area contributed by atoms with Crippen LogP contribution in [-0.4, -0.2) is 12.7 Å². The van der Waals surface area contributed by atoms with Gasteiger partial charge in [-0.2, -0.15) is 0 Å². The van der Waals surface area contributed by atoms with Crippen LogP contribution >= 0.6 is 0 Å². The molecule has 0 atom stereocenters. The standard InChI is InChI=1S/C9H16O/c1-7(2)9-3-4-10-8(5-9)6-9/h7-8H,3-6H2,1-2H3. The van der Waals surface area contributed by atoms with Crippen molar-refractivity contribution < 1.29 is 4.74 Å². The van der Waals surface area contributed by atoms with Gasteiger partial charge in [0.15, 0.2) is 0 Å². The Hall–Kier alpha value is -0.0400. The van der Waals surface area contributed by atoms with Crippen molar-refractivity contribution in [1.82, 2.24) is 0 Å². The fraction of sp³-hybridized carbons (Fsp3) is 1.00. The van der Waals surface area contributed by atoms with E-state index in [1.54, 1.807) is 0 Å².